The molecule has 2 aromatic rings. The third-order valence-corrected chi connectivity index (χ3v) is 3.39. The highest BCUT2D eigenvalue weighted by Gasteiger charge is 2.19. The minimum absolute atomic E-state index is 0.123. The molecule has 0 spiro atoms. The van der Waals surface area contributed by atoms with Crippen LogP contribution in [0.5, 0.6) is 11.5 Å². The van der Waals surface area contributed by atoms with Crippen molar-refractivity contribution in [2.24, 2.45) is 7.05 Å². The fourth-order valence-electron chi connectivity index (χ4n) is 2.40. The number of ether oxygens (including phenoxy) is 2. The minimum atomic E-state index is 0.123. The maximum Gasteiger partial charge on any atom is 0.231 e. The molecule has 0 saturated heterocycles. The van der Waals surface area contributed by atoms with Gasteiger partial charge in [0.15, 0.2) is 11.5 Å². The molecule has 106 valence electrons. The van der Waals surface area contributed by atoms with Crippen molar-refractivity contribution in [3.05, 3.63) is 41.7 Å². The number of benzene rings is 1. The topological polar surface area (TPSA) is 48.3 Å². The molecule has 1 atom stereocenters. The Labute approximate surface area is 118 Å². The van der Waals surface area contributed by atoms with Gasteiger partial charge in [0, 0.05) is 18.8 Å². The van der Waals surface area contributed by atoms with Crippen LogP contribution >= 0.6 is 0 Å². The lowest BCUT2D eigenvalue weighted by molar-refractivity contribution is 0.174. The van der Waals surface area contributed by atoms with Crippen molar-refractivity contribution in [2.45, 2.75) is 19.4 Å². The summed E-state index contributed by atoms with van der Waals surface area (Å²) in [5, 5.41) is 7.82. The van der Waals surface area contributed by atoms with Crippen LogP contribution < -0.4 is 14.8 Å². The van der Waals surface area contributed by atoms with E-state index in [2.05, 4.69) is 23.4 Å². The molecule has 2 heterocycles. The molecule has 0 amide bonds. The molecule has 0 fully saturated rings. The summed E-state index contributed by atoms with van der Waals surface area (Å²) in [5.74, 6) is 1.63. The lowest BCUT2D eigenvalue weighted by Gasteiger charge is -2.18. The van der Waals surface area contributed by atoms with E-state index in [9.17, 15) is 0 Å². The average molecular weight is 273 g/mol. The molecular weight excluding hydrogens is 254 g/mol. The van der Waals surface area contributed by atoms with Gasteiger partial charge in [-0.15, -0.1) is 0 Å². The van der Waals surface area contributed by atoms with E-state index < -0.39 is 0 Å². The summed E-state index contributed by atoms with van der Waals surface area (Å²) < 4.78 is 12.7. The fraction of sp³-hybridized carbons (Fsp3) is 0.400. The highest BCUT2D eigenvalue weighted by Crippen LogP contribution is 2.35. The zero-order valence-electron chi connectivity index (χ0n) is 11.8. The number of nitrogens with zero attached hydrogens (tertiary/aromatic N) is 2. The van der Waals surface area contributed by atoms with E-state index in [-0.39, 0.29) is 6.04 Å². The molecule has 1 aliphatic rings. The standard InChI is InChI=1S/C15H19N3O2/c1-3-6-16-15(12-8-17-18(2)9-12)11-4-5-13-14(7-11)20-10-19-13/h4-5,7-9,15-16H,3,6,10H2,1-2H3. The number of aromatic nitrogens is 2. The first kappa shape index (κ1) is 13.0. The van der Waals surface area contributed by atoms with Gasteiger partial charge >= 0.3 is 0 Å². The third-order valence-electron chi connectivity index (χ3n) is 3.39. The van der Waals surface area contributed by atoms with Gasteiger partial charge in [-0.3, -0.25) is 4.68 Å². The second-order valence-electron chi connectivity index (χ2n) is 4.95. The van der Waals surface area contributed by atoms with Crippen molar-refractivity contribution >= 4 is 0 Å². The van der Waals surface area contributed by atoms with Crippen molar-refractivity contribution in [3.63, 3.8) is 0 Å². The molecule has 1 aliphatic heterocycles. The van der Waals surface area contributed by atoms with Gasteiger partial charge in [0.25, 0.3) is 0 Å². The number of rotatable bonds is 5. The quantitative estimate of drug-likeness (QED) is 0.907. The second kappa shape index (κ2) is 5.54. The van der Waals surface area contributed by atoms with Crippen LogP contribution in [0.2, 0.25) is 0 Å². The fourth-order valence-corrected chi connectivity index (χ4v) is 2.40. The van der Waals surface area contributed by atoms with E-state index in [0.717, 1.165) is 35.6 Å². The van der Waals surface area contributed by atoms with E-state index >= 15 is 0 Å². The highest BCUT2D eigenvalue weighted by molar-refractivity contribution is 5.46. The second-order valence-corrected chi connectivity index (χ2v) is 4.95. The molecular formula is C15H19N3O2. The normalized spacial score (nSPS) is 14.5. The van der Waals surface area contributed by atoms with Crippen molar-refractivity contribution in [1.82, 2.24) is 15.1 Å². The van der Waals surface area contributed by atoms with Crippen molar-refractivity contribution < 1.29 is 9.47 Å². The van der Waals surface area contributed by atoms with Gasteiger partial charge in [-0.2, -0.15) is 5.10 Å². The molecule has 0 radical (unpaired) electrons. The van der Waals surface area contributed by atoms with Crippen LogP contribution in [-0.4, -0.2) is 23.1 Å². The summed E-state index contributed by atoms with van der Waals surface area (Å²) >= 11 is 0. The Morgan fingerprint density at radius 2 is 2.15 bits per heavy atom. The predicted octanol–water partition coefficient (Wildman–Crippen LogP) is 2.24. The average Bonchev–Trinajstić information content (AvgIpc) is 3.07. The summed E-state index contributed by atoms with van der Waals surface area (Å²) in [7, 11) is 1.93. The number of fused-ring (bicyclic) bond motifs is 1. The molecule has 0 aliphatic carbocycles. The Kier molecular flexibility index (Phi) is 3.60. The van der Waals surface area contributed by atoms with Crippen LogP contribution in [0.25, 0.3) is 0 Å². The van der Waals surface area contributed by atoms with Crippen LogP contribution in [0.4, 0.5) is 0 Å². The maximum atomic E-state index is 5.46. The van der Waals surface area contributed by atoms with Crippen LogP contribution in [0.15, 0.2) is 30.6 Å². The van der Waals surface area contributed by atoms with Gasteiger partial charge in [-0.05, 0) is 30.7 Å². The molecule has 20 heavy (non-hydrogen) atoms. The van der Waals surface area contributed by atoms with E-state index in [4.69, 9.17) is 9.47 Å². The first-order valence-electron chi connectivity index (χ1n) is 6.89. The molecule has 0 saturated carbocycles. The van der Waals surface area contributed by atoms with Crippen molar-refractivity contribution in [1.29, 1.82) is 0 Å². The number of nitrogens with one attached hydrogen (secondary N) is 1. The molecule has 1 unspecified atom stereocenters. The van der Waals surface area contributed by atoms with Crippen LogP contribution in [-0.2, 0) is 7.05 Å². The Hall–Kier alpha value is -2.01. The Morgan fingerprint density at radius 3 is 2.90 bits per heavy atom. The minimum Gasteiger partial charge on any atom is -0.454 e. The lowest BCUT2D eigenvalue weighted by atomic mass is 10.0. The third kappa shape index (κ3) is 2.49. The molecule has 5 heteroatoms. The van der Waals surface area contributed by atoms with Gasteiger partial charge in [0.05, 0.1) is 12.2 Å². The van der Waals surface area contributed by atoms with Gasteiger partial charge in [-0.1, -0.05) is 13.0 Å². The highest BCUT2D eigenvalue weighted by atomic mass is 16.7. The van der Waals surface area contributed by atoms with Crippen LogP contribution in [0, 0.1) is 0 Å². The molecule has 5 nitrogen and oxygen atoms in total. The zero-order chi connectivity index (χ0) is 13.9. The summed E-state index contributed by atoms with van der Waals surface area (Å²) in [5.41, 5.74) is 2.32. The largest absolute Gasteiger partial charge is 0.454 e. The predicted molar refractivity (Wildman–Crippen MR) is 75.9 cm³/mol. The summed E-state index contributed by atoms with van der Waals surface area (Å²) in [6, 6.07) is 6.21. The molecule has 1 N–H and O–H groups in total. The van der Waals surface area contributed by atoms with Crippen molar-refractivity contribution in [2.75, 3.05) is 13.3 Å². The molecule has 3 rings (SSSR count). The number of hydrogen-bond donors (Lipinski definition) is 1. The van der Waals surface area contributed by atoms with E-state index in [1.54, 1.807) is 0 Å². The van der Waals surface area contributed by atoms with Gasteiger partial charge < -0.3 is 14.8 Å². The van der Waals surface area contributed by atoms with Gasteiger partial charge in [0.2, 0.25) is 6.79 Å². The summed E-state index contributed by atoms with van der Waals surface area (Å²) in [6.45, 7) is 3.42. The van der Waals surface area contributed by atoms with E-state index in [1.807, 2.05) is 36.3 Å². The monoisotopic (exact) mass is 273 g/mol. The number of aryl methyl sites for hydroxylation is 1. The zero-order valence-corrected chi connectivity index (χ0v) is 11.8. The molecule has 1 aromatic heterocycles. The Balaban J connectivity index is 1.92. The lowest BCUT2D eigenvalue weighted by Crippen LogP contribution is -2.22. The Bertz CT molecular complexity index is 595. The summed E-state index contributed by atoms with van der Waals surface area (Å²) in [6.07, 6.45) is 5.02. The maximum absolute atomic E-state index is 5.46. The Morgan fingerprint density at radius 1 is 1.30 bits per heavy atom. The van der Waals surface area contributed by atoms with Gasteiger partial charge in [0.1, 0.15) is 0 Å². The molecule has 0 bridgehead atoms. The van der Waals surface area contributed by atoms with E-state index in [0.29, 0.717) is 6.79 Å². The van der Waals surface area contributed by atoms with Crippen molar-refractivity contribution in [3.8, 4) is 11.5 Å². The van der Waals surface area contributed by atoms with E-state index in [1.165, 1.54) is 0 Å². The summed E-state index contributed by atoms with van der Waals surface area (Å²) in [4.78, 5) is 0. The molecule has 1 aromatic carbocycles. The van der Waals surface area contributed by atoms with Gasteiger partial charge in [-0.25, -0.2) is 0 Å². The first-order chi connectivity index (χ1) is 9.78. The first-order valence-corrected chi connectivity index (χ1v) is 6.89. The van der Waals surface area contributed by atoms with Crippen LogP contribution in [0.1, 0.15) is 30.5 Å². The smallest absolute Gasteiger partial charge is 0.231 e. The SMILES string of the molecule is CCCNC(c1ccc2c(c1)OCO2)c1cnn(C)c1. The van der Waals surface area contributed by atoms with Crippen LogP contribution in [0.3, 0.4) is 0 Å². The number of hydrogen-bond acceptors (Lipinski definition) is 4.